The van der Waals surface area contributed by atoms with Crippen LogP contribution in [-0.2, 0) is 0 Å². The van der Waals surface area contributed by atoms with E-state index >= 15 is 0 Å². The molecule has 0 fully saturated rings. The van der Waals surface area contributed by atoms with Crippen LogP contribution in [0.15, 0.2) is 36.4 Å². The standard InChI is InChI=1S/C15H16F2N2O/c1-2-8-20-14-5-3-4-13(15(14)18)19-10-6-7-11(16)12(17)9-10/h3-7,9,19H,2,8,18H2,1H3. The van der Waals surface area contributed by atoms with E-state index in [0.717, 1.165) is 18.6 Å². The van der Waals surface area contributed by atoms with Gasteiger partial charge in [-0.25, -0.2) is 8.78 Å². The van der Waals surface area contributed by atoms with Gasteiger partial charge in [-0.3, -0.25) is 0 Å². The lowest BCUT2D eigenvalue weighted by atomic mass is 10.2. The number of hydrogen-bond acceptors (Lipinski definition) is 3. The molecular formula is C15H16F2N2O. The van der Waals surface area contributed by atoms with Crippen LogP contribution >= 0.6 is 0 Å². The second kappa shape index (κ2) is 6.23. The minimum Gasteiger partial charge on any atom is -0.491 e. The number of benzene rings is 2. The summed E-state index contributed by atoms with van der Waals surface area (Å²) in [6.07, 6.45) is 0.875. The van der Waals surface area contributed by atoms with E-state index in [1.165, 1.54) is 6.07 Å². The van der Waals surface area contributed by atoms with Crippen LogP contribution in [0.3, 0.4) is 0 Å². The second-order valence-corrected chi connectivity index (χ2v) is 4.32. The highest BCUT2D eigenvalue weighted by Crippen LogP contribution is 2.31. The molecule has 106 valence electrons. The minimum atomic E-state index is -0.910. The van der Waals surface area contributed by atoms with Crippen molar-refractivity contribution in [1.29, 1.82) is 0 Å². The molecule has 3 N–H and O–H groups in total. The number of halogens is 2. The molecule has 0 unspecified atom stereocenters. The summed E-state index contributed by atoms with van der Waals surface area (Å²) in [5.74, 6) is -1.23. The summed E-state index contributed by atoms with van der Waals surface area (Å²) in [6.45, 7) is 2.57. The van der Waals surface area contributed by atoms with Crippen LogP contribution in [0, 0.1) is 11.6 Å². The van der Waals surface area contributed by atoms with Crippen molar-refractivity contribution in [2.45, 2.75) is 13.3 Å². The number of para-hydroxylation sites is 1. The Labute approximate surface area is 116 Å². The maximum Gasteiger partial charge on any atom is 0.160 e. The molecule has 0 saturated carbocycles. The van der Waals surface area contributed by atoms with E-state index in [4.69, 9.17) is 10.5 Å². The zero-order valence-electron chi connectivity index (χ0n) is 11.1. The SMILES string of the molecule is CCCOc1cccc(Nc2ccc(F)c(F)c2)c1N. The Morgan fingerprint density at radius 3 is 2.65 bits per heavy atom. The number of nitrogen functional groups attached to an aromatic ring is 1. The molecule has 0 aliphatic heterocycles. The molecule has 5 heteroatoms. The minimum absolute atomic E-state index is 0.420. The number of nitrogens with one attached hydrogen (secondary N) is 1. The third-order valence-electron chi connectivity index (χ3n) is 2.73. The molecule has 0 aromatic heterocycles. The van der Waals surface area contributed by atoms with E-state index in [2.05, 4.69) is 5.32 Å². The van der Waals surface area contributed by atoms with Gasteiger partial charge < -0.3 is 15.8 Å². The summed E-state index contributed by atoms with van der Waals surface area (Å²) in [4.78, 5) is 0. The molecule has 0 amide bonds. The quantitative estimate of drug-likeness (QED) is 0.810. The fourth-order valence-electron chi connectivity index (χ4n) is 1.72. The van der Waals surface area contributed by atoms with Crippen molar-refractivity contribution in [2.24, 2.45) is 0 Å². The number of nitrogens with two attached hydrogens (primary N) is 1. The van der Waals surface area contributed by atoms with Crippen molar-refractivity contribution in [3.63, 3.8) is 0 Å². The average Bonchev–Trinajstić information content (AvgIpc) is 2.44. The summed E-state index contributed by atoms with van der Waals surface area (Å²) in [5.41, 5.74) is 7.43. The molecule has 0 radical (unpaired) electrons. The monoisotopic (exact) mass is 278 g/mol. The maximum atomic E-state index is 13.2. The van der Waals surface area contributed by atoms with Gasteiger partial charge >= 0.3 is 0 Å². The van der Waals surface area contributed by atoms with E-state index in [1.807, 2.05) is 6.92 Å². The van der Waals surface area contributed by atoms with Crippen LogP contribution < -0.4 is 15.8 Å². The number of ether oxygens (including phenoxy) is 1. The van der Waals surface area contributed by atoms with Gasteiger partial charge in [-0.15, -0.1) is 0 Å². The largest absolute Gasteiger partial charge is 0.491 e. The summed E-state index contributed by atoms with van der Waals surface area (Å²) in [5, 5.41) is 2.95. The molecule has 2 aromatic rings. The average molecular weight is 278 g/mol. The first kappa shape index (κ1) is 14.1. The zero-order valence-corrected chi connectivity index (χ0v) is 11.1. The van der Waals surface area contributed by atoms with Crippen molar-refractivity contribution >= 4 is 17.1 Å². The third kappa shape index (κ3) is 3.17. The highest BCUT2D eigenvalue weighted by atomic mass is 19.2. The lowest BCUT2D eigenvalue weighted by Gasteiger charge is -2.13. The predicted molar refractivity (Wildman–Crippen MR) is 76.3 cm³/mol. The highest BCUT2D eigenvalue weighted by Gasteiger charge is 2.08. The van der Waals surface area contributed by atoms with Gasteiger partial charge in [0.2, 0.25) is 0 Å². The van der Waals surface area contributed by atoms with E-state index in [9.17, 15) is 8.78 Å². The number of rotatable bonds is 5. The molecular weight excluding hydrogens is 262 g/mol. The lowest BCUT2D eigenvalue weighted by molar-refractivity contribution is 0.319. The molecule has 20 heavy (non-hydrogen) atoms. The van der Waals surface area contributed by atoms with Crippen LogP contribution in [-0.4, -0.2) is 6.61 Å². The van der Waals surface area contributed by atoms with Gasteiger partial charge in [-0.1, -0.05) is 13.0 Å². The lowest BCUT2D eigenvalue weighted by Crippen LogP contribution is -2.02. The number of anilines is 3. The molecule has 0 heterocycles. The van der Waals surface area contributed by atoms with Crippen LogP contribution in [0.4, 0.5) is 25.8 Å². The highest BCUT2D eigenvalue weighted by molar-refractivity contribution is 5.77. The normalized spacial score (nSPS) is 10.3. The Morgan fingerprint density at radius 2 is 1.95 bits per heavy atom. The van der Waals surface area contributed by atoms with Crippen LogP contribution in [0.1, 0.15) is 13.3 Å². The van der Waals surface area contributed by atoms with Gasteiger partial charge in [-0.2, -0.15) is 0 Å². The Kier molecular flexibility index (Phi) is 4.40. The number of hydrogen-bond donors (Lipinski definition) is 2. The summed E-state index contributed by atoms with van der Waals surface area (Å²) >= 11 is 0. The van der Waals surface area contributed by atoms with Gasteiger partial charge in [0.15, 0.2) is 11.6 Å². The van der Waals surface area contributed by atoms with Gasteiger partial charge in [0.05, 0.1) is 18.0 Å². The zero-order chi connectivity index (χ0) is 14.5. The molecule has 3 nitrogen and oxygen atoms in total. The van der Waals surface area contributed by atoms with E-state index in [-0.39, 0.29) is 0 Å². The Hall–Kier alpha value is -2.30. The first-order valence-electron chi connectivity index (χ1n) is 6.35. The van der Waals surface area contributed by atoms with Crippen molar-refractivity contribution in [2.75, 3.05) is 17.7 Å². The van der Waals surface area contributed by atoms with Crippen molar-refractivity contribution in [3.8, 4) is 5.75 Å². The van der Waals surface area contributed by atoms with Crippen molar-refractivity contribution < 1.29 is 13.5 Å². The second-order valence-electron chi connectivity index (χ2n) is 4.32. The molecule has 0 saturated heterocycles. The molecule has 0 spiro atoms. The maximum absolute atomic E-state index is 13.2. The third-order valence-corrected chi connectivity index (χ3v) is 2.73. The molecule has 0 aliphatic rings. The Bertz CT molecular complexity index is 602. The Balaban J connectivity index is 2.22. The van der Waals surface area contributed by atoms with Crippen LogP contribution in [0.25, 0.3) is 0 Å². The van der Waals surface area contributed by atoms with Gasteiger partial charge in [0, 0.05) is 11.8 Å². The van der Waals surface area contributed by atoms with E-state index in [0.29, 0.717) is 29.4 Å². The topological polar surface area (TPSA) is 47.3 Å². The van der Waals surface area contributed by atoms with E-state index < -0.39 is 11.6 Å². The predicted octanol–water partition coefficient (Wildman–Crippen LogP) is 4.08. The van der Waals surface area contributed by atoms with Crippen molar-refractivity contribution in [1.82, 2.24) is 0 Å². The van der Waals surface area contributed by atoms with Gasteiger partial charge in [-0.05, 0) is 30.7 Å². The van der Waals surface area contributed by atoms with Gasteiger partial charge in [0.25, 0.3) is 0 Å². The fourth-order valence-corrected chi connectivity index (χ4v) is 1.72. The first-order chi connectivity index (χ1) is 9.61. The van der Waals surface area contributed by atoms with Gasteiger partial charge in [0.1, 0.15) is 5.75 Å². The van der Waals surface area contributed by atoms with Crippen LogP contribution in [0.5, 0.6) is 5.75 Å². The van der Waals surface area contributed by atoms with Crippen molar-refractivity contribution in [3.05, 3.63) is 48.0 Å². The Morgan fingerprint density at radius 1 is 1.15 bits per heavy atom. The molecule has 0 atom stereocenters. The molecule has 0 bridgehead atoms. The van der Waals surface area contributed by atoms with Crippen LogP contribution in [0.2, 0.25) is 0 Å². The summed E-state index contributed by atoms with van der Waals surface area (Å²) in [6, 6.07) is 8.87. The first-order valence-corrected chi connectivity index (χ1v) is 6.35. The summed E-state index contributed by atoms with van der Waals surface area (Å²) < 4.78 is 31.5. The molecule has 0 aliphatic carbocycles. The van der Waals surface area contributed by atoms with E-state index in [1.54, 1.807) is 18.2 Å². The molecule has 2 aromatic carbocycles. The molecule has 2 rings (SSSR count). The smallest absolute Gasteiger partial charge is 0.160 e. The fraction of sp³-hybridized carbons (Fsp3) is 0.200. The summed E-state index contributed by atoms with van der Waals surface area (Å²) in [7, 11) is 0.